The molecule has 0 unspecified atom stereocenters. The van der Waals surface area contributed by atoms with Gasteiger partial charge in [-0.25, -0.2) is 4.79 Å². The molecule has 0 saturated carbocycles. The van der Waals surface area contributed by atoms with Crippen LogP contribution in [0.15, 0.2) is 48.5 Å². The van der Waals surface area contributed by atoms with Gasteiger partial charge in [0.1, 0.15) is 11.5 Å². The first-order valence-electron chi connectivity index (χ1n) is 9.43. The summed E-state index contributed by atoms with van der Waals surface area (Å²) in [5.74, 6) is 1.10. The van der Waals surface area contributed by atoms with Crippen LogP contribution < -0.4 is 14.2 Å². The fraction of sp³-hybridized carbons (Fsp3) is 0.381. The highest BCUT2D eigenvalue weighted by Gasteiger charge is 2.16. The monoisotopic (exact) mass is 420 g/mol. The average Bonchev–Trinajstić information content (AvgIpc) is 2.68. The van der Waals surface area contributed by atoms with E-state index in [9.17, 15) is 13.2 Å². The molecule has 0 bridgehead atoms. The number of carbonyl (C=O) groups is 1. The molecule has 8 heteroatoms. The minimum absolute atomic E-state index is 0.0959. The maximum Gasteiger partial charge on any atom is 0.322 e. The van der Waals surface area contributed by atoms with Crippen LogP contribution in [0.25, 0.3) is 0 Å². The summed E-state index contributed by atoms with van der Waals surface area (Å²) in [7, 11) is -1.99. The number of nitrogens with one attached hydrogen (secondary N) is 1. The van der Waals surface area contributed by atoms with Gasteiger partial charge in [-0.15, -0.1) is 0 Å². The van der Waals surface area contributed by atoms with Crippen LogP contribution >= 0.6 is 0 Å². The van der Waals surface area contributed by atoms with E-state index in [1.54, 1.807) is 48.4 Å². The highest BCUT2D eigenvalue weighted by atomic mass is 32.2. The van der Waals surface area contributed by atoms with E-state index < -0.39 is 10.1 Å². The van der Waals surface area contributed by atoms with Crippen LogP contribution in [0.2, 0.25) is 0 Å². The number of nitrogens with zero attached hydrogens (tertiary/aromatic N) is 1. The molecule has 0 aliphatic rings. The standard InChI is InChI=1S/C21H28N2O5S/c1-5-29(25,26)28-19-11-9-17(10-12-19)15-23(14-16(2)3)21(24)22-18-7-6-8-20(13-18)27-4/h6-13,16H,5,14-15H2,1-4H3,(H,22,24). The zero-order valence-electron chi connectivity index (χ0n) is 17.2. The molecule has 0 radical (unpaired) electrons. The fourth-order valence-corrected chi connectivity index (χ4v) is 3.16. The average molecular weight is 421 g/mol. The minimum atomic E-state index is -3.56. The second-order valence-corrected chi connectivity index (χ2v) is 8.87. The molecule has 0 aliphatic heterocycles. The van der Waals surface area contributed by atoms with Gasteiger partial charge in [-0.05, 0) is 42.7 Å². The number of methoxy groups -OCH3 is 1. The molecule has 2 aromatic carbocycles. The van der Waals surface area contributed by atoms with Crippen LogP contribution in [-0.2, 0) is 16.7 Å². The zero-order valence-corrected chi connectivity index (χ0v) is 18.0. The van der Waals surface area contributed by atoms with Crippen molar-refractivity contribution < 1.29 is 22.1 Å². The topological polar surface area (TPSA) is 84.9 Å². The summed E-state index contributed by atoms with van der Waals surface area (Å²) in [5, 5.41) is 2.90. The molecular formula is C21H28N2O5S. The quantitative estimate of drug-likeness (QED) is 0.617. The molecule has 7 nitrogen and oxygen atoms in total. The number of hydrogen-bond donors (Lipinski definition) is 1. The Hall–Kier alpha value is -2.74. The van der Waals surface area contributed by atoms with E-state index in [0.29, 0.717) is 24.5 Å². The molecule has 2 rings (SSSR count). The van der Waals surface area contributed by atoms with Crippen LogP contribution in [0, 0.1) is 5.92 Å². The van der Waals surface area contributed by atoms with E-state index in [-0.39, 0.29) is 23.5 Å². The Balaban J connectivity index is 2.10. The molecule has 2 amide bonds. The van der Waals surface area contributed by atoms with Gasteiger partial charge in [0.25, 0.3) is 0 Å². The third kappa shape index (κ3) is 7.30. The van der Waals surface area contributed by atoms with Crippen molar-refractivity contribution >= 4 is 21.8 Å². The number of hydrogen-bond acceptors (Lipinski definition) is 5. The van der Waals surface area contributed by atoms with Crippen LogP contribution in [0.4, 0.5) is 10.5 Å². The largest absolute Gasteiger partial charge is 0.497 e. The van der Waals surface area contributed by atoms with Crippen LogP contribution in [0.3, 0.4) is 0 Å². The molecule has 1 N–H and O–H groups in total. The van der Waals surface area contributed by atoms with Crippen molar-refractivity contribution in [3.63, 3.8) is 0 Å². The van der Waals surface area contributed by atoms with Gasteiger partial charge >= 0.3 is 16.1 Å². The summed E-state index contributed by atoms with van der Waals surface area (Å²) in [6.07, 6.45) is 0. The van der Waals surface area contributed by atoms with Gasteiger partial charge in [0.2, 0.25) is 0 Å². The van der Waals surface area contributed by atoms with Crippen molar-refractivity contribution in [1.29, 1.82) is 0 Å². The van der Waals surface area contributed by atoms with Crippen molar-refractivity contribution in [3.8, 4) is 11.5 Å². The Kier molecular flexibility index (Phi) is 7.90. The van der Waals surface area contributed by atoms with E-state index in [4.69, 9.17) is 8.92 Å². The lowest BCUT2D eigenvalue weighted by Gasteiger charge is -2.25. The highest BCUT2D eigenvalue weighted by Crippen LogP contribution is 2.19. The van der Waals surface area contributed by atoms with E-state index in [1.807, 2.05) is 26.0 Å². The van der Waals surface area contributed by atoms with Gasteiger partial charge in [0.15, 0.2) is 0 Å². The van der Waals surface area contributed by atoms with Crippen LogP contribution in [0.1, 0.15) is 26.3 Å². The number of carbonyl (C=O) groups excluding carboxylic acids is 1. The molecule has 0 heterocycles. The summed E-state index contributed by atoms with van der Waals surface area (Å²) in [6.45, 7) is 6.55. The van der Waals surface area contributed by atoms with E-state index in [1.165, 1.54) is 6.92 Å². The summed E-state index contributed by atoms with van der Waals surface area (Å²) >= 11 is 0. The molecular weight excluding hydrogens is 392 g/mol. The first-order chi connectivity index (χ1) is 13.7. The Bertz CT molecular complexity index is 911. The molecule has 0 saturated heterocycles. The number of benzene rings is 2. The maximum absolute atomic E-state index is 12.8. The lowest BCUT2D eigenvalue weighted by atomic mass is 10.1. The normalized spacial score (nSPS) is 11.2. The Morgan fingerprint density at radius 2 is 1.79 bits per heavy atom. The molecule has 0 spiro atoms. The molecule has 158 valence electrons. The lowest BCUT2D eigenvalue weighted by Crippen LogP contribution is -2.37. The first kappa shape index (κ1) is 22.5. The summed E-state index contributed by atoms with van der Waals surface area (Å²) in [4.78, 5) is 14.5. The van der Waals surface area contributed by atoms with Crippen molar-refractivity contribution in [2.45, 2.75) is 27.3 Å². The SMILES string of the molecule is CCS(=O)(=O)Oc1ccc(CN(CC(C)C)C(=O)Nc2cccc(OC)c2)cc1. The molecule has 0 aromatic heterocycles. The van der Waals surface area contributed by atoms with E-state index in [2.05, 4.69) is 5.32 Å². The molecule has 2 aromatic rings. The number of rotatable bonds is 9. The predicted molar refractivity (Wildman–Crippen MR) is 114 cm³/mol. The third-order valence-corrected chi connectivity index (χ3v) is 5.22. The van der Waals surface area contributed by atoms with Crippen LogP contribution in [-0.4, -0.2) is 38.8 Å². The number of urea groups is 1. The van der Waals surface area contributed by atoms with Crippen LogP contribution in [0.5, 0.6) is 11.5 Å². The van der Waals surface area contributed by atoms with Crippen molar-refractivity contribution in [2.75, 3.05) is 24.7 Å². The summed E-state index contributed by atoms with van der Waals surface area (Å²) in [5.41, 5.74) is 1.52. The second kappa shape index (κ2) is 10.2. The van der Waals surface area contributed by atoms with Gasteiger partial charge in [-0.1, -0.05) is 32.0 Å². The first-order valence-corrected chi connectivity index (χ1v) is 11.0. The predicted octanol–water partition coefficient (Wildman–Crippen LogP) is 4.11. The summed E-state index contributed by atoms with van der Waals surface area (Å²) in [6, 6.07) is 13.7. The maximum atomic E-state index is 12.8. The van der Waals surface area contributed by atoms with Gasteiger partial charge in [0.05, 0.1) is 12.9 Å². The Morgan fingerprint density at radius 3 is 2.38 bits per heavy atom. The number of amides is 2. The lowest BCUT2D eigenvalue weighted by molar-refractivity contribution is 0.201. The zero-order chi connectivity index (χ0) is 21.4. The molecule has 0 fully saturated rings. The molecule has 0 atom stereocenters. The number of ether oxygens (including phenoxy) is 1. The second-order valence-electron chi connectivity index (χ2n) is 7.01. The molecule has 0 aliphatic carbocycles. The summed E-state index contributed by atoms with van der Waals surface area (Å²) < 4.78 is 33.3. The third-order valence-electron chi connectivity index (χ3n) is 4.07. The van der Waals surface area contributed by atoms with Gasteiger partial charge in [-0.2, -0.15) is 8.42 Å². The van der Waals surface area contributed by atoms with Gasteiger partial charge < -0.3 is 19.1 Å². The Morgan fingerprint density at radius 1 is 1.10 bits per heavy atom. The fourth-order valence-electron chi connectivity index (χ4n) is 2.64. The van der Waals surface area contributed by atoms with Crippen molar-refractivity contribution in [2.24, 2.45) is 5.92 Å². The van der Waals surface area contributed by atoms with Gasteiger partial charge in [-0.3, -0.25) is 0 Å². The van der Waals surface area contributed by atoms with E-state index >= 15 is 0 Å². The Labute approximate surface area is 172 Å². The minimum Gasteiger partial charge on any atom is -0.497 e. The van der Waals surface area contributed by atoms with Crippen molar-refractivity contribution in [3.05, 3.63) is 54.1 Å². The smallest absolute Gasteiger partial charge is 0.322 e. The molecule has 29 heavy (non-hydrogen) atoms. The number of anilines is 1. The van der Waals surface area contributed by atoms with Gasteiger partial charge in [0, 0.05) is 24.8 Å². The highest BCUT2D eigenvalue weighted by molar-refractivity contribution is 7.87. The van der Waals surface area contributed by atoms with E-state index in [0.717, 1.165) is 5.56 Å². The van der Waals surface area contributed by atoms with Crippen molar-refractivity contribution in [1.82, 2.24) is 4.90 Å².